The topological polar surface area (TPSA) is 37.8 Å². The zero-order valence-corrected chi connectivity index (χ0v) is 11.8. The van der Waals surface area contributed by atoms with Gasteiger partial charge in [0.15, 0.2) is 11.0 Å². The summed E-state index contributed by atoms with van der Waals surface area (Å²) in [6, 6.07) is 6.47. The molecule has 1 N–H and O–H groups in total. The van der Waals surface area contributed by atoms with E-state index in [0.717, 1.165) is 11.1 Å². The number of hydrogen-bond donors (Lipinski definition) is 1. The molecule has 5 heteroatoms. The normalized spacial score (nSPS) is 12.3. The average Bonchev–Trinajstić information content (AvgIpc) is 2.40. The summed E-state index contributed by atoms with van der Waals surface area (Å²) < 4.78 is 13.7. The van der Waals surface area contributed by atoms with Crippen molar-refractivity contribution >= 4 is 17.4 Å². The van der Waals surface area contributed by atoms with Gasteiger partial charge >= 0.3 is 0 Å². The second-order valence-corrected chi connectivity index (χ2v) is 4.83. The quantitative estimate of drug-likeness (QED) is 0.921. The summed E-state index contributed by atoms with van der Waals surface area (Å²) in [5.74, 6) is 0.386. The van der Waals surface area contributed by atoms with Gasteiger partial charge in [0.1, 0.15) is 5.82 Å². The Morgan fingerprint density at radius 3 is 2.53 bits per heavy atom. The van der Waals surface area contributed by atoms with E-state index in [1.54, 1.807) is 12.1 Å². The van der Waals surface area contributed by atoms with Crippen LogP contribution >= 0.6 is 11.6 Å². The summed E-state index contributed by atoms with van der Waals surface area (Å²) in [5.41, 5.74) is 2.39. The van der Waals surface area contributed by atoms with Crippen LogP contribution in [0.4, 0.5) is 10.2 Å². The van der Waals surface area contributed by atoms with Crippen molar-refractivity contribution < 1.29 is 4.39 Å². The summed E-state index contributed by atoms with van der Waals surface area (Å²) in [4.78, 5) is 0. The van der Waals surface area contributed by atoms with Crippen LogP contribution in [0.25, 0.3) is 0 Å². The summed E-state index contributed by atoms with van der Waals surface area (Å²) in [5, 5.41) is 11.4. The Kier molecular flexibility index (Phi) is 4.00. The van der Waals surface area contributed by atoms with Crippen LogP contribution in [0.3, 0.4) is 0 Å². The molecule has 1 unspecified atom stereocenters. The Morgan fingerprint density at radius 1 is 1.16 bits per heavy atom. The van der Waals surface area contributed by atoms with Gasteiger partial charge in [-0.25, -0.2) is 4.39 Å². The number of anilines is 1. The molecule has 0 aliphatic heterocycles. The summed E-state index contributed by atoms with van der Waals surface area (Å²) in [7, 11) is 0. The molecule has 0 aliphatic rings. The molecule has 0 radical (unpaired) electrons. The smallest absolute Gasteiger partial charge is 0.155 e. The Morgan fingerprint density at radius 2 is 1.84 bits per heavy atom. The number of rotatable bonds is 3. The largest absolute Gasteiger partial charge is 0.362 e. The van der Waals surface area contributed by atoms with Crippen molar-refractivity contribution in [2.75, 3.05) is 5.32 Å². The Bertz CT molecular complexity index is 601. The van der Waals surface area contributed by atoms with Crippen molar-refractivity contribution in [3.05, 3.63) is 51.9 Å². The van der Waals surface area contributed by atoms with Crippen molar-refractivity contribution in [1.82, 2.24) is 10.2 Å². The van der Waals surface area contributed by atoms with Crippen LogP contribution in [0, 0.1) is 19.7 Å². The fourth-order valence-corrected chi connectivity index (χ4v) is 2.00. The molecule has 0 spiro atoms. The van der Waals surface area contributed by atoms with Gasteiger partial charge in [0, 0.05) is 5.56 Å². The molecule has 3 nitrogen and oxygen atoms in total. The second kappa shape index (κ2) is 5.53. The van der Waals surface area contributed by atoms with Crippen LogP contribution in [0.2, 0.25) is 5.15 Å². The molecular formula is C14H15ClFN3. The molecule has 0 bridgehead atoms. The number of nitrogens with one attached hydrogen (secondary N) is 1. The highest BCUT2D eigenvalue weighted by molar-refractivity contribution is 6.30. The first kappa shape index (κ1) is 13.7. The minimum absolute atomic E-state index is 0.199. The predicted octanol–water partition coefficient (Wildman–Crippen LogP) is 4.06. The lowest BCUT2D eigenvalue weighted by atomic mass is 10.1. The Hall–Kier alpha value is -1.68. The van der Waals surface area contributed by atoms with Crippen LogP contribution in [-0.4, -0.2) is 10.2 Å². The van der Waals surface area contributed by atoms with E-state index in [4.69, 9.17) is 11.6 Å². The maximum absolute atomic E-state index is 13.7. The highest BCUT2D eigenvalue weighted by Gasteiger charge is 2.14. The molecule has 1 atom stereocenters. The molecule has 0 saturated heterocycles. The maximum atomic E-state index is 13.7. The molecule has 1 aromatic carbocycles. The van der Waals surface area contributed by atoms with E-state index in [0.29, 0.717) is 16.5 Å². The van der Waals surface area contributed by atoms with Gasteiger partial charge in [-0.15, -0.1) is 10.2 Å². The lowest BCUT2D eigenvalue weighted by Gasteiger charge is -2.17. The van der Waals surface area contributed by atoms with Crippen LogP contribution in [0.1, 0.15) is 29.7 Å². The number of aromatic nitrogens is 2. The maximum Gasteiger partial charge on any atom is 0.155 e. The van der Waals surface area contributed by atoms with Gasteiger partial charge in [0.25, 0.3) is 0 Å². The molecule has 0 fully saturated rings. The molecule has 0 aliphatic carbocycles. The minimum atomic E-state index is -0.237. The van der Waals surface area contributed by atoms with Gasteiger partial charge in [-0.3, -0.25) is 0 Å². The second-order valence-electron chi connectivity index (χ2n) is 4.48. The van der Waals surface area contributed by atoms with Crippen molar-refractivity contribution in [1.29, 1.82) is 0 Å². The monoisotopic (exact) mass is 279 g/mol. The molecule has 0 amide bonds. The highest BCUT2D eigenvalue weighted by Crippen LogP contribution is 2.25. The molecule has 19 heavy (non-hydrogen) atoms. The average molecular weight is 280 g/mol. The van der Waals surface area contributed by atoms with E-state index in [9.17, 15) is 4.39 Å². The third kappa shape index (κ3) is 2.84. The van der Waals surface area contributed by atoms with E-state index in [1.165, 1.54) is 6.07 Å². The van der Waals surface area contributed by atoms with E-state index >= 15 is 0 Å². The molecule has 1 aromatic heterocycles. The SMILES string of the molecule is Cc1c(Cl)nnc(NC(C)c2ccccc2F)c1C. The van der Waals surface area contributed by atoms with Gasteiger partial charge in [-0.2, -0.15) is 0 Å². The van der Waals surface area contributed by atoms with Crippen LogP contribution in [-0.2, 0) is 0 Å². The van der Waals surface area contributed by atoms with Crippen molar-refractivity contribution in [2.45, 2.75) is 26.8 Å². The minimum Gasteiger partial charge on any atom is -0.362 e. The van der Waals surface area contributed by atoms with Gasteiger partial charge < -0.3 is 5.32 Å². The number of nitrogens with zero attached hydrogens (tertiary/aromatic N) is 2. The van der Waals surface area contributed by atoms with Crippen LogP contribution in [0.5, 0.6) is 0 Å². The van der Waals surface area contributed by atoms with E-state index in [-0.39, 0.29) is 11.9 Å². The van der Waals surface area contributed by atoms with E-state index < -0.39 is 0 Å². The molecular weight excluding hydrogens is 265 g/mol. The first-order chi connectivity index (χ1) is 9.00. The Labute approximate surface area is 116 Å². The van der Waals surface area contributed by atoms with Crippen molar-refractivity contribution in [3.63, 3.8) is 0 Å². The van der Waals surface area contributed by atoms with Crippen molar-refractivity contribution in [2.24, 2.45) is 0 Å². The number of benzene rings is 1. The van der Waals surface area contributed by atoms with Gasteiger partial charge in [-0.1, -0.05) is 29.8 Å². The first-order valence-electron chi connectivity index (χ1n) is 6.01. The third-order valence-corrected chi connectivity index (χ3v) is 3.55. The summed E-state index contributed by atoms with van der Waals surface area (Å²) in [6.07, 6.45) is 0. The third-order valence-electron chi connectivity index (χ3n) is 3.19. The van der Waals surface area contributed by atoms with E-state index in [1.807, 2.05) is 26.8 Å². The summed E-state index contributed by atoms with van der Waals surface area (Å²) in [6.45, 7) is 5.67. The van der Waals surface area contributed by atoms with Crippen molar-refractivity contribution in [3.8, 4) is 0 Å². The Balaban J connectivity index is 2.27. The zero-order chi connectivity index (χ0) is 14.0. The predicted molar refractivity (Wildman–Crippen MR) is 75.0 cm³/mol. The zero-order valence-electron chi connectivity index (χ0n) is 11.0. The first-order valence-corrected chi connectivity index (χ1v) is 6.39. The number of hydrogen-bond acceptors (Lipinski definition) is 3. The molecule has 1 heterocycles. The van der Waals surface area contributed by atoms with Crippen LogP contribution < -0.4 is 5.32 Å². The standard InChI is InChI=1S/C14H15ClFN3/c1-8-9(2)14(19-18-13(8)15)17-10(3)11-6-4-5-7-12(11)16/h4-7,10H,1-3H3,(H,17,19). The van der Waals surface area contributed by atoms with Crippen LogP contribution in [0.15, 0.2) is 24.3 Å². The molecule has 0 saturated carbocycles. The van der Waals surface area contributed by atoms with E-state index in [2.05, 4.69) is 15.5 Å². The fourth-order valence-electron chi connectivity index (χ4n) is 1.82. The van der Waals surface area contributed by atoms with Gasteiger partial charge in [-0.05, 0) is 38.0 Å². The number of halogens is 2. The lowest BCUT2D eigenvalue weighted by Crippen LogP contribution is -2.12. The fraction of sp³-hybridized carbons (Fsp3) is 0.286. The molecule has 2 aromatic rings. The molecule has 2 rings (SSSR count). The van der Waals surface area contributed by atoms with Gasteiger partial charge in [0.2, 0.25) is 0 Å². The highest BCUT2D eigenvalue weighted by atomic mass is 35.5. The molecule has 100 valence electrons. The summed E-state index contributed by atoms with van der Waals surface area (Å²) >= 11 is 5.90. The van der Waals surface area contributed by atoms with Gasteiger partial charge in [0.05, 0.1) is 6.04 Å². The lowest BCUT2D eigenvalue weighted by molar-refractivity contribution is 0.599.